The molecule has 0 atom stereocenters. The first-order valence-electron chi connectivity index (χ1n) is 4.81. The van der Waals surface area contributed by atoms with E-state index in [4.69, 9.17) is 0 Å². The molecule has 0 aliphatic heterocycles. The predicted octanol–water partition coefficient (Wildman–Crippen LogP) is 1.54. The molecule has 0 aliphatic carbocycles. The predicted molar refractivity (Wildman–Crippen MR) is 59.0 cm³/mol. The summed E-state index contributed by atoms with van der Waals surface area (Å²) < 4.78 is 0. The van der Waals surface area contributed by atoms with E-state index in [0.717, 1.165) is 22.2 Å². The molecule has 0 spiro atoms. The van der Waals surface area contributed by atoms with Gasteiger partial charge in [-0.2, -0.15) is 5.10 Å². The summed E-state index contributed by atoms with van der Waals surface area (Å²) in [4.78, 5) is 11.7. The molecule has 4 heteroatoms. The van der Waals surface area contributed by atoms with E-state index in [-0.39, 0.29) is 5.91 Å². The minimum Gasteiger partial charge on any atom is -0.355 e. The molecule has 1 amide bonds. The summed E-state index contributed by atoms with van der Waals surface area (Å²) in [5.74, 6) is -0.0670. The zero-order valence-corrected chi connectivity index (χ0v) is 9.01. The van der Waals surface area contributed by atoms with Crippen molar-refractivity contribution in [2.24, 2.45) is 0 Å². The highest BCUT2D eigenvalue weighted by atomic mass is 16.1. The van der Waals surface area contributed by atoms with Crippen LogP contribution < -0.4 is 5.32 Å². The summed E-state index contributed by atoms with van der Waals surface area (Å²) in [5, 5.41) is 10.6. The number of aryl methyl sites for hydroxylation is 2. The number of H-pyrrole nitrogens is 1. The van der Waals surface area contributed by atoms with Crippen LogP contribution in [0.15, 0.2) is 12.1 Å². The van der Waals surface area contributed by atoms with Gasteiger partial charge in [0.25, 0.3) is 5.91 Å². The number of nitrogens with zero attached hydrogens (tertiary/aromatic N) is 1. The fraction of sp³-hybridized carbons (Fsp3) is 0.273. The summed E-state index contributed by atoms with van der Waals surface area (Å²) >= 11 is 0. The van der Waals surface area contributed by atoms with E-state index in [2.05, 4.69) is 15.5 Å². The number of amides is 1. The highest BCUT2D eigenvalue weighted by Crippen LogP contribution is 2.23. The number of fused-ring (bicyclic) bond motifs is 1. The van der Waals surface area contributed by atoms with Crippen molar-refractivity contribution in [1.29, 1.82) is 0 Å². The van der Waals surface area contributed by atoms with Crippen LogP contribution in [0.1, 0.15) is 21.6 Å². The molecular weight excluding hydrogens is 190 g/mol. The molecule has 0 aliphatic rings. The second-order valence-corrected chi connectivity index (χ2v) is 3.58. The zero-order valence-electron chi connectivity index (χ0n) is 9.01. The van der Waals surface area contributed by atoms with E-state index in [9.17, 15) is 4.79 Å². The van der Waals surface area contributed by atoms with E-state index in [1.54, 1.807) is 7.05 Å². The van der Waals surface area contributed by atoms with Crippen molar-refractivity contribution in [2.45, 2.75) is 13.8 Å². The third kappa shape index (κ3) is 1.38. The molecule has 1 aromatic heterocycles. The Labute approximate surface area is 87.7 Å². The number of benzene rings is 1. The Balaban J connectivity index is 2.84. The molecule has 0 fully saturated rings. The first-order chi connectivity index (χ1) is 7.15. The van der Waals surface area contributed by atoms with Gasteiger partial charge >= 0.3 is 0 Å². The number of carbonyl (C=O) groups is 1. The van der Waals surface area contributed by atoms with Crippen molar-refractivity contribution in [1.82, 2.24) is 15.5 Å². The van der Waals surface area contributed by atoms with Gasteiger partial charge < -0.3 is 5.32 Å². The molecule has 2 aromatic rings. The Morgan fingerprint density at radius 3 is 2.80 bits per heavy atom. The van der Waals surface area contributed by atoms with Gasteiger partial charge in [-0.25, -0.2) is 0 Å². The highest BCUT2D eigenvalue weighted by molar-refractivity contribution is 6.08. The molecule has 2 N–H and O–H groups in total. The van der Waals surface area contributed by atoms with Crippen LogP contribution in [0.25, 0.3) is 10.9 Å². The quantitative estimate of drug-likeness (QED) is 0.738. The van der Waals surface area contributed by atoms with Gasteiger partial charge in [-0.15, -0.1) is 0 Å². The monoisotopic (exact) mass is 203 g/mol. The molecule has 1 aromatic carbocycles. The molecule has 0 saturated heterocycles. The van der Waals surface area contributed by atoms with Gasteiger partial charge in [0.2, 0.25) is 0 Å². The van der Waals surface area contributed by atoms with Gasteiger partial charge in [0.15, 0.2) is 0 Å². The van der Waals surface area contributed by atoms with Crippen molar-refractivity contribution in [3.05, 3.63) is 29.0 Å². The fourth-order valence-corrected chi connectivity index (χ4v) is 1.79. The van der Waals surface area contributed by atoms with Gasteiger partial charge in [-0.1, -0.05) is 6.07 Å². The van der Waals surface area contributed by atoms with Gasteiger partial charge in [0.1, 0.15) is 0 Å². The number of aromatic nitrogens is 2. The van der Waals surface area contributed by atoms with Gasteiger partial charge in [0, 0.05) is 18.1 Å². The standard InChI is InChI=1S/C11H13N3O/c1-6-4-5-8-10(7(2)13-14-8)9(6)11(15)12-3/h4-5H,1-3H3,(H,12,15)(H,13,14). The highest BCUT2D eigenvalue weighted by Gasteiger charge is 2.15. The maximum Gasteiger partial charge on any atom is 0.252 e. The van der Waals surface area contributed by atoms with E-state index >= 15 is 0 Å². The summed E-state index contributed by atoms with van der Waals surface area (Å²) in [5.41, 5.74) is 3.43. The largest absolute Gasteiger partial charge is 0.355 e. The molecule has 0 bridgehead atoms. The molecule has 0 saturated carbocycles. The van der Waals surface area contributed by atoms with E-state index in [0.29, 0.717) is 5.56 Å². The lowest BCUT2D eigenvalue weighted by molar-refractivity contribution is 0.0964. The summed E-state index contributed by atoms with van der Waals surface area (Å²) in [6.45, 7) is 3.84. The minimum absolute atomic E-state index is 0.0670. The molecule has 4 nitrogen and oxygen atoms in total. The van der Waals surface area contributed by atoms with Crippen molar-refractivity contribution in [3.8, 4) is 0 Å². The Hall–Kier alpha value is -1.84. The lowest BCUT2D eigenvalue weighted by atomic mass is 10.0. The van der Waals surface area contributed by atoms with Crippen LogP contribution >= 0.6 is 0 Å². The number of aromatic amines is 1. The van der Waals surface area contributed by atoms with Crippen LogP contribution in [0.4, 0.5) is 0 Å². The smallest absolute Gasteiger partial charge is 0.252 e. The van der Waals surface area contributed by atoms with E-state index < -0.39 is 0 Å². The van der Waals surface area contributed by atoms with Crippen LogP contribution in [0.5, 0.6) is 0 Å². The number of rotatable bonds is 1. The maximum atomic E-state index is 11.7. The average molecular weight is 203 g/mol. The van der Waals surface area contributed by atoms with Gasteiger partial charge in [0.05, 0.1) is 11.1 Å². The first-order valence-corrected chi connectivity index (χ1v) is 4.81. The zero-order chi connectivity index (χ0) is 11.0. The minimum atomic E-state index is -0.0670. The third-order valence-electron chi connectivity index (χ3n) is 2.56. The van der Waals surface area contributed by atoms with Gasteiger partial charge in [-0.3, -0.25) is 9.89 Å². The SMILES string of the molecule is CNC(=O)c1c(C)ccc2n[nH]c(C)c12. The molecule has 78 valence electrons. The second-order valence-electron chi connectivity index (χ2n) is 3.58. The van der Waals surface area contributed by atoms with Crippen LogP contribution in [-0.4, -0.2) is 23.2 Å². The molecule has 15 heavy (non-hydrogen) atoms. The maximum absolute atomic E-state index is 11.7. The number of carbonyl (C=O) groups excluding carboxylic acids is 1. The summed E-state index contributed by atoms with van der Waals surface area (Å²) in [6.07, 6.45) is 0. The number of hydrogen-bond acceptors (Lipinski definition) is 2. The summed E-state index contributed by atoms with van der Waals surface area (Å²) in [6, 6.07) is 3.83. The van der Waals surface area contributed by atoms with Crippen LogP contribution in [-0.2, 0) is 0 Å². The topological polar surface area (TPSA) is 57.8 Å². The Bertz CT molecular complexity index is 528. The summed E-state index contributed by atoms with van der Waals surface area (Å²) in [7, 11) is 1.63. The first kappa shape index (κ1) is 9.71. The third-order valence-corrected chi connectivity index (χ3v) is 2.56. The second kappa shape index (κ2) is 3.38. The lowest BCUT2D eigenvalue weighted by Crippen LogP contribution is -2.19. The van der Waals surface area contributed by atoms with Crippen LogP contribution in [0.3, 0.4) is 0 Å². The van der Waals surface area contributed by atoms with E-state index in [1.807, 2.05) is 26.0 Å². The molecule has 0 unspecified atom stereocenters. The molecule has 0 radical (unpaired) electrons. The molecular formula is C11H13N3O. The van der Waals surface area contributed by atoms with Crippen molar-refractivity contribution in [2.75, 3.05) is 7.05 Å². The lowest BCUT2D eigenvalue weighted by Gasteiger charge is -2.05. The Kier molecular flexibility index (Phi) is 2.19. The molecule has 1 heterocycles. The van der Waals surface area contributed by atoms with Crippen LogP contribution in [0.2, 0.25) is 0 Å². The number of nitrogens with one attached hydrogen (secondary N) is 2. The van der Waals surface area contributed by atoms with Crippen LogP contribution in [0, 0.1) is 13.8 Å². The molecule has 2 rings (SSSR count). The van der Waals surface area contributed by atoms with Crippen molar-refractivity contribution in [3.63, 3.8) is 0 Å². The van der Waals surface area contributed by atoms with Crippen molar-refractivity contribution >= 4 is 16.8 Å². The average Bonchev–Trinajstić information content (AvgIpc) is 2.60. The Morgan fingerprint density at radius 1 is 1.40 bits per heavy atom. The normalized spacial score (nSPS) is 10.6. The van der Waals surface area contributed by atoms with Crippen molar-refractivity contribution < 1.29 is 4.79 Å². The van der Waals surface area contributed by atoms with Gasteiger partial charge in [-0.05, 0) is 25.5 Å². The Morgan fingerprint density at radius 2 is 2.13 bits per heavy atom. The number of hydrogen-bond donors (Lipinski definition) is 2. The fourth-order valence-electron chi connectivity index (χ4n) is 1.79. The van der Waals surface area contributed by atoms with E-state index in [1.165, 1.54) is 0 Å².